The van der Waals surface area contributed by atoms with E-state index < -0.39 is 17.9 Å². The van der Waals surface area contributed by atoms with Crippen LogP contribution < -0.4 is 22.1 Å². The van der Waals surface area contributed by atoms with Crippen LogP contribution in [0.15, 0.2) is 24.4 Å². The topological polar surface area (TPSA) is 136 Å². The summed E-state index contributed by atoms with van der Waals surface area (Å²) in [7, 11) is 0. The molecule has 24 heavy (non-hydrogen) atoms. The van der Waals surface area contributed by atoms with Crippen molar-refractivity contribution in [2.24, 2.45) is 11.5 Å². The van der Waals surface area contributed by atoms with Crippen LogP contribution in [-0.4, -0.2) is 27.8 Å². The molecule has 2 amide bonds. The molecule has 1 atom stereocenters. The minimum absolute atomic E-state index is 0.145. The standard InChI is InChI=1S/C16H20N6O2/c1-8-4-9(2)6-11(5-8)21-15-12(14(18)24)7-19-16(22-15)20-10(3)13(17)23/h4-7,10H,1-3H3,(H2,17,23)(H2,18,24)(H2,19,20,21,22)/t10-/m1/s1. The fraction of sp³-hybridized carbons (Fsp3) is 0.250. The van der Waals surface area contributed by atoms with Crippen LogP contribution in [0.25, 0.3) is 0 Å². The van der Waals surface area contributed by atoms with Gasteiger partial charge in [-0.3, -0.25) is 9.59 Å². The number of anilines is 3. The van der Waals surface area contributed by atoms with Crippen LogP contribution in [0.2, 0.25) is 0 Å². The summed E-state index contributed by atoms with van der Waals surface area (Å²) in [6.07, 6.45) is 1.30. The lowest BCUT2D eigenvalue weighted by Crippen LogP contribution is -2.33. The zero-order chi connectivity index (χ0) is 17.9. The zero-order valence-electron chi connectivity index (χ0n) is 13.8. The molecule has 2 rings (SSSR count). The molecule has 0 aliphatic rings. The van der Waals surface area contributed by atoms with Crippen LogP contribution in [0.4, 0.5) is 17.5 Å². The Morgan fingerprint density at radius 1 is 1.12 bits per heavy atom. The van der Waals surface area contributed by atoms with Gasteiger partial charge in [0.1, 0.15) is 17.4 Å². The van der Waals surface area contributed by atoms with Gasteiger partial charge in [-0.15, -0.1) is 0 Å². The Bertz CT molecular complexity index is 770. The van der Waals surface area contributed by atoms with E-state index in [0.717, 1.165) is 16.8 Å². The van der Waals surface area contributed by atoms with E-state index in [1.54, 1.807) is 6.92 Å². The molecule has 0 saturated carbocycles. The van der Waals surface area contributed by atoms with E-state index in [-0.39, 0.29) is 17.3 Å². The number of aromatic nitrogens is 2. The number of primary amides is 2. The van der Waals surface area contributed by atoms with Gasteiger partial charge in [-0.05, 0) is 44.0 Å². The first kappa shape index (κ1) is 17.2. The molecule has 2 aromatic rings. The van der Waals surface area contributed by atoms with E-state index in [1.165, 1.54) is 6.20 Å². The maximum atomic E-state index is 11.6. The summed E-state index contributed by atoms with van der Waals surface area (Å²) in [5.74, 6) is -0.780. The number of nitrogens with zero attached hydrogens (tertiary/aromatic N) is 2. The lowest BCUT2D eigenvalue weighted by atomic mass is 10.1. The predicted octanol–water partition coefficient (Wildman–Crippen LogP) is 1.22. The minimum atomic E-state index is -0.656. The van der Waals surface area contributed by atoms with Gasteiger partial charge < -0.3 is 22.1 Å². The average Bonchev–Trinajstić information content (AvgIpc) is 2.45. The Labute approximate surface area is 139 Å². The lowest BCUT2D eigenvalue weighted by molar-refractivity contribution is -0.118. The largest absolute Gasteiger partial charge is 0.368 e. The van der Waals surface area contributed by atoms with E-state index >= 15 is 0 Å². The van der Waals surface area contributed by atoms with Crippen molar-refractivity contribution in [1.82, 2.24) is 9.97 Å². The van der Waals surface area contributed by atoms with Crippen LogP contribution in [-0.2, 0) is 4.79 Å². The van der Waals surface area contributed by atoms with Gasteiger partial charge in [-0.1, -0.05) is 6.07 Å². The quantitative estimate of drug-likeness (QED) is 0.629. The van der Waals surface area contributed by atoms with Crippen molar-refractivity contribution in [3.8, 4) is 0 Å². The first-order valence-electron chi connectivity index (χ1n) is 7.34. The number of hydrogen-bond acceptors (Lipinski definition) is 6. The van der Waals surface area contributed by atoms with Crippen molar-refractivity contribution in [3.05, 3.63) is 41.1 Å². The number of rotatable bonds is 6. The van der Waals surface area contributed by atoms with Crippen molar-refractivity contribution < 1.29 is 9.59 Å². The molecule has 8 nitrogen and oxygen atoms in total. The second-order valence-corrected chi connectivity index (χ2v) is 5.59. The monoisotopic (exact) mass is 328 g/mol. The number of carbonyl (C=O) groups excluding carboxylic acids is 2. The molecule has 6 N–H and O–H groups in total. The smallest absolute Gasteiger partial charge is 0.254 e. The number of nitrogens with two attached hydrogens (primary N) is 2. The second-order valence-electron chi connectivity index (χ2n) is 5.59. The molecule has 0 unspecified atom stereocenters. The van der Waals surface area contributed by atoms with Crippen molar-refractivity contribution in [3.63, 3.8) is 0 Å². The van der Waals surface area contributed by atoms with Gasteiger partial charge in [0.2, 0.25) is 11.9 Å². The molecule has 8 heteroatoms. The lowest BCUT2D eigenvalue weighted by Gasteiger charge is -2.14. The van der Waals surface area contributed by atoms with E-state index in [2.05, 4.69) is 20.6 Å². The summed E-state index contributed by atoms with van der Waals surface area (Å²) < 4.78 is 0. The van der Waals surface area contributed by atoms with Crippen LogP contribution in [0, 0.1) is 13.8 Å². The summed E-state index contributed by atoms with van der Waals surface area (Å²) in [6.45, 7) is 5.52. The molecule has 126 valence electrons. The van der Waals surface area contributed by atoms with Crippen LogP contribution in [0.3, 0.4) is 0 Å². The van der Waals surface area contributed by atoms with Gasteiger partial charge in [0, 0.05) is 11.9 Å². The van der Waals surface area contributed by atoms with E-state index in [1.807, 2.05) is 32.0 Å². The Balaban J connectivity index is 2.37. The number of nitrogens with one attached hydrogen (secondary N) is 2. The Hall–Kier alpha value is -3.16. The summed E-state index contributed by atoms with van der Waals surface area (Å²) in [6, 6.07) is 5.21. The number of amides is 2. The van der Waals surface area contributed by atoms with Gasteiger partial charge >= 0.3 is 0 Å². The molecule has 0 aliphatic heterocycles. The van der Waals surface area contributed by atoms with E-state index in [4.69, 9.17) is 11.5 Å². The molecule has 0 saturated heterocycles. The highest BCUT2D eigenvalue weighted by atomic mass is 16.1. The number of carbonyl (C=O) groups is 2. The molecule has 1 aromatic heterocycles. The molecule has 0 radical (unpaired) electrons. The van der Waals surface area contributed by atoms with E-state index in [0.29, 0.717) is 0 Å². The third-order valence-electron chi connectivity index (χ3n) is 3.31. The fourth-order valence-electron chi connectivity index (χ4n) is 2.18. The Kier molecular flexibility index (Phi) is 4.98. The molecule has 0 bridgehead atoms. The number of hydrogen-bond donors (Lipinski definition) is 4. The first-order valence-corrected chi connectivity index (χ1v) is 7.34. The Morgan fingerprint density at radius 3 is 2.29 bits per heavy atom. The van der Waals surface area contributed by atoms with Gasteiger partial charge in [0.05, 0.1) is 0 Å². The predicted molar refractivity (Wildman–Crippen MR) is 92.0 cm³/mol. The van der Waals surface area contributed by atoms with Crippen LogP contribution >= 0.6 is 0 Å². The van der Waals surface area contributed by atoms with Crippen LogP contribution in [0.1, 0.15) is 28.4 Å². The third kappa shape index (κ3) is 4.19. The normalized spacial score (nSPS) is 11.6. The Morgan fingerprint density at radius 2 is 1.75 bits per heavy atom. The third-order valence-corrected chi connectivity index (χ3v) is 3.31. The average molecular weight is 328 g/mol. The molecule has 1 aromatic carbocycles. The summed E-state index contributed by atoms with van der Waals surface area (Å²) in [5.41, 5.74) is 13.6. The molecule has 0 fully saturated rings. The van der Waals surface area contributed by atoms with Crippen LogP contribution in [0.5, 0.6) is 0 Å². The fourth-order valence-corrected chi connectivity index (χ4v) is 2.18. The summed E-state index contributed by atoms with van der Waals surface area (Å²) in [5, 5.41) is 5.84. The van der Waals surface area contributed by atoms with Crippen molar-refractivity contribution in [2.45, 2.75) is 26.8 Å². The zero-order valence-corrected chi connectivity index (χ0v) is 13.8. The minimum Gasteiger partial charge on any atom is -0.368 e. The number of aryl methyl sites for hydroxylation is 2. The molecular weight excluding hydrogens is 308 g/mol. The van der Waals surface area contributed by atoms with Gasteiger partial charge in [0.15, 0.2) is 0 Å². The van der Waals surface area contributed by atoms with Gasteiger partial charge in [0.25, 0.3) is 5.91 Å². The maximum absolute atomic E-state index is 11.6. The highest BCUT2D eigenvalue weighted by molar-refractivity contribution is 5.98. The van der Waals surface area contributed by atoms with Gasteiger partial charge in [-0.25, -0.2) is 4.98 Å². The maximum Gasteiger partial charge on any atom is 0.254 e. The number of benzene rings is 1. The van der Waals surface area contributed by atoms with Crippen molar-refractivity contribution in [2.75, 3.05) is 10.6 Å². The highest BCUT2D eigenvalue weighted by Gasteiger charge is 2.15. The highest BCUT2D eigenvalue weighted by Crippen LogP contribution is 2.22. The second kappa shape index (κ2) is 6.95. The SMILES string of the molecule is Cc1cc(C)cc(Nc2nc(N[C@H](C)C(N)=O)ncc2C(N)=O)c1. The van der Waals surface area contributed by atoms with Crippen molar-refractivity contribution >= 4 is 29.3 Å². The molecule has 0 aliphatic carbocycles. The summed E-state index contributed by atoms with van der Waals surface area (Å²) in [4.78, 5) is 31.0. The molecule has 1 heterocycles. The summed E-state index contributed by atoms with van der Waals surface area (Å²) >= 11 is 0. The molecule has 0 spiro atoms. The molecular formula is C16H20N6O2. The van der Waals surface area contributed by atoms with Crippen molar-refractivity contribution in [1.29, 1.82) is 0 Å². The van der Waals surface area contributed by atoms with Gasteiger partial charge in [-0.2, -0.15) is 4.98 Å². The van der Waals surface area contributed by atoms with E-state index in [9.17, 15) is 9.59 Å². The first-order chi connectivity index (χ1) is 11.3.